The molecule has 0 spiro atoms. The van der Waals surface area contributed by atoms with E-state index in [4.69, 9.17) is 4.74 Å². The van der Waals surface area contributed by atoms with Crippen LogP contribution in [0, 0.1) is 13.8 Å². The predicted octanol–water partition coefficient (Wildman–Crippen LogP) is 4.73. The summed E-state index contributed by atoms with van der Waals surface area (Å²) in [6.07, 6.45) is 2.79. The Labute approximate surface area is 195 Å². The average Bonchev–Trinajstić information content (AvgIpc) is 3.36. The molecule has 1 aromatic heterocycles. The maximum absolute atomic E-state index is 13.2. The average molecular weight is 446 g/mol. The monoisotopic (exact) mass is 445 g/mol. The molecule has 172 valence electrons. The molecule has 4 rings (SSSR count). The molecule has 0 radical (unpaired) electrons. The molecule has 6 heteroatoms. The molecule has 1 fully saturated rings. The topological polar surface area (TPSA) is 71.5 Å². The highest BCUT2D eigenvalue weighted by atomic mass is 16.5. The zero-order chi connectivity index (χ0) is 23.4. The first kappa shape index (κ1) is 22.8. The Balaban J connectivity index is 1.52. The van der Waals surface area contributed by atoms with Gasteiger partial charge in [0, 0.05) is 24.0 Å². The van der Waals surface area contributed by atoms with Crippen LogP contribution in [0.2, 0.25) is 0 Å². The molecule has 0 bridgehead atoms. The molecule has 2 aromatic carbocycles. The van der Waals surface area contributed by atoms with Crippen LogP contribution in [0.3, 0.4) is 0 Å². The number of likely N-dealkylation sites (tertiary alicyclic amines) is 1. The molecule has 3 aromatic rings. The molecule has 1 aliphatic rings. The van der Waals surface area contributed by atoms with E-state index >= 15 is 0 Å². The number of pyridine rings is 1. The predicted molar refractivity (Wildman–Crippen MR) is 129 cm³/mol. The lowest BCUT2D eigenvalue weighted by Crippen LogP contribution is -2.33. The van der Waals surface area contributed by atoms with E-state index in [1.54, 1.807) is 0 Å². The summed E-state index contributed by atoms with van der Waals surface area (Å²) >= 11 is 0. The molecule has 1 aliphatic heterocycles. The molecule has 1 saturated heterocycles. The third-order valence-corrected chi connectivity index (χ3v) is 6.22. The third-order valence-electron chi connectivity index (χ3n) is 6.22. The van der Waals surface area contributed by atoms with Gasteiger partial charge in [0.15, 0.2) is 6.61 Å². The molecule has 1 N–H and O–H groups in total. The van der Waals surface area contributed by atoms with Gasteiger partial charge in [-0.25, -0.2) is 0 Å². The normalized spacial score (nSPS) is 14.3. The van der Waals surface area contributed by atoms with E-state index < -0.39 is 0 Å². The van der Waals surface area contributed by atoms with Gasteiger partial charge in [-0.2, -0.15) is 0 Å². The minimum Gasteiger partial charge on any atom is -0.483 e. The van der Waals surface area contributed by atoms with Gasteiger partial charge in [-0.1, -0.05) is 36.8 Å². The van der Waals surface area contributed by atoms with Crippen molar-refractivity contribution < 1.29 is 14.3 Å². The van der Waals surface area contributed by atoms with Crippen LogP contribution < -0.4 is 10.1 Å². The Kier molecular flexibility index (Phi) is 6.92. The second-order valence-corrected chi connectivity index (χ2v) is 8.67. The van der Waals surface area contributed by atoms with Crippen molar-refractivity contribution in [3.05, 3.63) is 70.9 Å². The van der Waals surface area contributed by atoms with Crippen molar-refractivity contribution in [3.63, 3.8) is 0 Å². The summed E-state index contributed by atoms with van der Waals surface area (Å²) in [6.45, 7) is 7.51. The fourth-order valence-electron chi connectivity index (χ4n) is 4.35. The zero-order valence-electron chi connectivity index (χ0n) is 19.6. The SMILES string of the molecule is CCC(NC(=O)c1cc2cc(C)ccc2nc1C)c1ccccc1OCC(=O)N1CCCC1. The number of nitrogens with zero attached hydrogens (tertiary/aromatic N) is 2. The number of benzene rings is 2. The van der Waals surface area contributed by atoms with Crippen LogP contribution in [0.15, 0.2) is 48.5 Å². The summed E-state index contributed by atoms with van der Waals surface area (Å²) in [6, 6.07) is 15.3. The molecule has 1 atom stereocenters. The van der Waals surface area contributed by atoms with E-state index in [9.17, 15) is 9.59 Å². The van der Waals surface area contributed by atoms with E-state index in [0.717, 1.165) is 48.0 Å². The lowest BCUT2D eigenvalue weighted by atomic mass is 10.0. The molecule has 2 heterocycles. The van der Waals surface area contributed by atoms with Gasteiger partial charge < -0.3 is 15.0 Å². The van der Waals surface area contributed by atoms with Gasteiger partial charge in [-0.3, -0.25) is 14.6 Å². The number of carbonyl (C=O) groups excluding carboxylic acids is 2. The third kappa shape index (κ3) is 5.16. The highest BCUT2D eigenvalue weighted by Gasteiger charge is 2.22. The summed E-state index contributed by atoms with van der Waals surface area (Å²) in [7, 11) is 0. The molecule has 2 amide bonds. The van der Waals surface area contributed by atoms with Crippen molar-refractivity contribution in [1.82, 2.24) is 15.2 Å². The minimum absolute atomic E-state index is 0.00698. The first-order valence-corrected chi connectivity index (χ1v) is 11.6. The van der Waals surface area contributed by atoms with Crippen LogP contribution in [0.25, 0.3) is 10.9 Å². The summed E-state index contributed by atoms with van der Waals surface area (Å²) < 4.78 is 5.92. The van der Waals surface area contributed by atoms with E-state index in [0.29, 0.717) is 23.4 Å². The van der Waals surface area contributed by atoms with Crippen LogP contribution in [0.1, 0.15) is 59.4 Å². The van der Waals surface area contributed by atoms with E-state index in [-0.39, 0.29) is 24.5 Å². The summed E-state index contributed by atoms with van der Waals surface area (Å²) in [5, 5.41) is 4.10. The number of hydrogen-bond acceptors (Lipinski definition) is 4. The van der Waals surface area contributed by atoms with Gasteiger partial charge in [-0.05, 0) is 57.4 Å². The smallest absolute Gasteiger partial charge is 0.260 e. The number of aryl methyl sites for hydroxylation is 2. The number of para-hydroxylation sites is 1. The number of aromatic nitrogens is 1. The van der Waals surface area contributed by atoms with E-state index in [2.05, 4.69) is 10.3 Å². The number of amides is 2. The molecular formula is C27H31N3O3. The van der Waals surface area contributed by atoms with Gasteiger partial charge in [0.05, 0.1) is 22.8 Å². The number of rotatable bonds is 7. The number of nitrogens with one attached hydrogen (secondary N) is 1. The number of ether oxygens (including phenoxy) is 1. The molecule has 33 heavy (non-hydrogen) atoms. The minimum atomic E-state index is -0.247. The number of hydrogen-bond donors (Lipinski definition) is 1. The highest BCUT2D eigenvalue weighted by Crippen LogP contribution is 2.28. The molecule has 0 saturated carbocycles. The summed E-state index contributed by atoms with van der Waals surface area (Å²) in [4.78, 5) is 32.1. The quantitative estimate of drug-likeness (QED) is 0.571. The standard InChI is InChI=1S/C27H31N3O3/c1-4-23(21-9-5-6-10-25(21)33-17-26(31)30-13-7-8-14-30)29-27(32)22-16-20-15-18(2)11-12-24(20)28-19(22)3/h5-6,9-12,15-16,23H,4,7-8,13-14,17H2,1-3H3,(H,29,32). The van der Waals surface area contributed by atoms with E-state index in [1.165, 1.54) is 0 Å². The fraction of sp³-hybridized carbons (Fsp3) is 0.370. The number of fused-ring (bicyclic) bond motifs is 1. The van der Waals surface area contributed by atoms with Crippen LogP contribution in [0.4, 0.5) is 0 Å². The molecule has 6 nitrogen and oxygen atoms in total. The van der Waals surface area contributed by atoms with Crippen LogP contribution in [-0.2, 0) is 4.79 Å². The molecule has 0 aliphatic carbocycles. The Morgan fingerprint density at radius 3 is 2.61 bits per heavy atom. The van der Waals surface area contributed by atoms with Crippen molar-refractivity contribution in [2.75, 3.05) is 19.7 Å². The Morgan fingerprint density at radius 2 is 1.85 bits per heavy atom. The van der Waals surface area contributed by atoms with Crippen molar-refractivity contribution in [1.29, 1.82) is 0 Å². The molecule has 1 unspecified atom stereocenters. The summed E-state index contributed by atoms with van der Waals surface area (Å²) in [5.41, 5.74) is 4.13. The number of carbonyl (C=O) groups is 2. The van der Waals surface area contributed by atoms with Gasteiger partial charge in [0.25, 0.3) is 11.8 Å². The lowest BCUT2D eigenvalue weighted by Gasteiger charge is -2.22. The maximum atomic E-state index is 13.2. The van der Waals surface area contributed by atoms with Gasteiger partial charge in [-0.15, -0.1) is 0 Å². The van der Waals surface area contributed by atoms with Gasteiger partial charge >= 0.3 is 0 Å². The lowest BCUT2D eigenvalue weighted by molar-refractivity contribution is -0.132. The Morgan fingerprint density at radius 1 is 1.09 bits per heavy atom. The zero-order valence-corrected chi connectivity index (χ0v) is 19.6. The second-order valence-electron chi connectivity index (χ2n) is 8.67. The van der Waals surface area contributed by atoms with Crippen molar-refractivity contribution in [3.8, 4) is 5.75 Å². The molecular weight excluding hydrogens is 414 g/mol. The fourth-order valence-corrected chi connectivity index (χ4v) is 4.35. The first-order valence-electron chi connectivity index (χ1n) is 11.6. The largest absolute Gasteiger partial charge is 0.483 e. The van der Waals surface area contributed by atoms with Crippen LogP contribution in [0.5, 0.6) is 5.75 Å². The Hall–Kier alpha value is -3.41. The summed E-state index contributed by atoms with van der Waals surface area (Å²) in [5.74, 6) is 0.465. The van der Waals surface area contributed by atoms with E-state index in [1.807, 2.05) is 74.2 Å². The first-order chi connectivity index (χ1) is 16.0. The second kappa shape index (κ2) is 10.0. The van der Waals surface area contributed by atoms with Crippen LogP contribution in [-0.4, -0.2) is 41.4 Å². The van der Waals surface area contributed by atoms with Crippen molar-refractivity contribution in [2.45, 2.75) is 46.1 Å². The van der Waals surface area contributed by atoms with Crippen LogP contribution >= 0.6 is 0 Å². The maximum Gasteiger partial charge on any atom is 0.260 e. The van der Waals surface area contributed by atoms with Gasteiger partial charge in [0.2, 0.25) is 0 Å². The van der Waals surface area contributed by atoms with Crippen molar-refractivity contribution >= 4 is 22.7 Å². The Bertz CT molecular complexity index is 1170. The van der Waals surface area contributed by atoms with Crippen molar-refractivity contribution in [2.24, 2.45) is 0 Å². The highest BCUT2D eigenvalue weighted by molar-refractivity contribution is 5.99. The van der Waals surface area contributed by atoms with Gasteiger partial charge in [0.1, 0.15) is 5.75 Å².